The molecule has 0 atom stereocenters. The van der Waals surface area contributed by atoms with Crippen LogP contribution in [-0.2, 0) is 9.59 Å². The molecule has 2 rings (SSSR count). The lowest BCUT2D eigenvalue weighted by atomic mass is 10.2. The van der Waals surface area contributed by atoms with Crippen LogP contribution in [0.5, 0.6) is 0 Å². The number of carboxylic acids is 1. The van der Waals surface area contributed by atoms with Gasteiger partial charge in [-0.3, -0.25) is 14.5 Å². The van der Waals surface area contributed by atoms with Gasteiger partial charge >= 0.3 is 5.97 Å². The average molecular weight is 276 g/mol. The Bertz CT molecular complexity index is 480. The third-order valence-corrected chi connectivity index (χ3v) is 3.36. The van der Waals surface area contributed by atoms with Crippen molar-refractivity contribution in [3.63, 3.8) is 0 Å². The van der Waals surface area contributed by atoms with Crippen molar-refractivity contribution in [2.45, 2.75) is 32.2 Å². The first-order chi connectivity index (χ1) is 9.54. The molecule has 1 aliphatic carbocycles. The number of anilines is 1. The van der Waals surface area contributed by atoms with Crippen LogP contribution in [0, 0.1) is 6.92 Å². The number of rotatable bonds is 7. The van der Waals surface area contributed by atoms with Gasteiger partial charge in [0.15, 0.2) is 0 Å². The molecule has 5 heteroatoms. The molecular weight excluding hydrogens is 256 g/mol. The second-order valence-corrected chi connectivity index (χ2v) is 5.26. The van der Waals surface area contributed by atoms with Crippen LogP contribution in [0.15, 0.2) is 24.3 Å². The number of carboxylic acid groups (broad SMARTS) is 1. The van der Waals surface area contributed by atoms with Gasteiger partial charge in [0, 0.05) is 18.3 Å². The molecule has 0 unspecified atom stereocenters. The van der Waals surface area contributed by atoms with E-state index >= 15 is 0 Å². The van der Waals surface area contributed by atoms with E-state index in [0.717, 1.165) is 24.1 Å². The molecule has 2 N–H and O–H groups in total. The normalized spacial score (nSPS) is 14.3. The fourth-order valence-electron chi connectivity index (χ4n) is 2.09. The van der Waals surface area contributed by atoms with E-state index in [4.69, 9.17) is 5.11 Å². The van der Waals surface area contributed by atoms with Gasteiger partial charge in [0.25, 0.3) is 0 Å². The SMILES string of the molecule is Cc1ccc(NC(=O)CN(CCC(=O)O)C2CC2)cc1. The average Bonchev–Trinajstić information content (AvgIpc) is 3.21. The van der Waals surface area contributed by atoms with Crippen molar-refractivity contribution in [1.29, 1.82) is 0 Å². The third-order valence-electron chi connectivity index (χ3n) is 3.36. The molecule has 0 saturated heterocycles. The third kappa shape index (κ3) is 4.66. The minimum absolute atomic E-state index is 0.0777. The Morgan fingerprint density at radius 1 is 1.30 bits per heavy atom. The smallest absolute Gasteiger partial charge is 0.304 e. The maximum Gasteiger partial charge on any atom is 0.304 e. The lowest BCUT2D eigenvalue weighted by Gasteiger charge is -2.20. The van der Waals surface area contributed by atoms with Crippen molar-refractivity contribution in [3.05, 3.63) is 29.8 Å². The molecule has 0 aliphatic heterocycles. The number of hydrogen-bond acceptors (Lipinski definition) is 3. The number of nitrogens with one attached hydrogen (secondary N) is 1. The van der Waals surface area contributed by atoms with E-state index in [1.165, 1.54) is 0 Å². The zero-order chi connectivity index (χ0) is 14.5. The van der Waals surface area contributed by atoms with E-state index < -0.39 is 5.97 Å². The standard InChI is InChI=1S/C15H20N2O3/c1-11-2-4-12(5-3-11)16-14(18)10-17(13-6-7-13)9-8-15(19)20/h2-5,13H,6-10H2,1H3,(H,16,18)(H,19,20). The molecule has 5 nitrogen and oxygen atoms in total. The number of carbonyl (C=O) groups excluding carboxylic acids is 1. The summed E-state index contributed by atoms with van der Waals surface area (Å²) in [5, 5.41) is 11.6. The predicted molar refractivity (Wildman–Crippen MR) is 76.7 cm³/mol. The summed E-state index contributed by atoms with van der Waals surface area (Å²) in [6, 6.07) is 7.99. The summed E-state index contributed by atoms with van der Waals surface area (Å²) < 4.78 is 0. The fourth-order valence-corrected chi connectivity index (χ4v) is 2.09. The van der Waals surface area contributed by atoms with Crippen molar-refractivity contribution >= 4 is 17.6 Å². The number of aryl methyl sites for hydroxylation is 1. The van der Waals surface area contributed by atoms with Gasteiger partial charge in [-0.2, -0.15) is 0 Å². The van der Waals surface area contributed by atoms with Crippen molar-refractivity contribution in [2.75, 3.05) is 18.4 Å². The Balaban J connectivity index is 1.84. The van der Waals surface area contributed by atoms with E-state index in [2.05, 4.69) is 5.32 Å². The number of nitrogens with zero attached hydrogens (tertiary/aromatic N) is 1. The first-order valence-corrected chi connectivity index (χ1v) is 6.87. The summed E-state index contributed by atoms with van der Waals surface area (Å²) >= 11 is 0. The first kappa shape index (κ1) is 14.5. The van der Waals surface area contributed by atoms with Gasteiger partial charge in [-0.1, -0.05) is 17.7 Å². The summed E-state index contributed by atoms with van der Waals surface area (Å²) in [7, 11) is 0. The molecule has 1 saturated carbocycles. The second-order valence-electron chi connectivity index (χ2n) is 5.26. The Morgan fingerprint density at radius 2 is 1.95 bits per heavy atom. The molecule has 1 aliphatic rings. The highest BCUT2D eigenvalue weighted by Crippen LogP contribution is 2.26. The number of benzene rings is 1. The van der Waals surface area contributed by atoms with E-state index in [9.17, 15) is 9.59 Å². The van der Waals surface area contributed by atoms with E-state index in [0.29, 0.717) is 12.6 Å². The number of amides is 1. The predicted octanol–water partition coefficient (Wildman–Crippen LogP) is 1.87. The van der Waals surface area contributed by atoms with Crippen LogP contribution in [0.25, 0.3) is 0 Å². The highest BCUT2D eigenvalue weighted by Gasteiger charge is 2.30. The molecular formula is C15H20N2O3. The van der Waals surface area contributed by atoms with Gasteiger partial charge in [0.05, 0.1) is 13.0 Å². The van der Waals surface area contributed by atoms with Crippen LogP contribution < -0.4 is 5.32 Å². The van der Waals surface area contributed by atoms with Crippen molar-refractivity contribution in [1.82, 2.24) is 4.90 Å². The maximum absolute atomic E-state index is 12.0. The van der Waals surface area contributed by atoms with Gasteiger partial charge in [-0.15, -0.1) is 0 Å². The molecule has 1 amide bonds. The van der Waals surface area contributed by atoms with Crippen LogP contribution in [0.1, 0.15) is 24.8 Å². The number of hydrogen-bond donors (Lipinski definition) is 2. The van der Waals surface area contributed by atoms with Crippen LogP contribution in [-0.4, -0.2) is 41.0 Å². The highest BCUT2D eigenvalue weighted by molar-refractivity contribution is 5.92. The Hall–Kier alpha value is -1.88. The minimum Gasteiger partial charge on any atom is -0.481 e. The van der Waals surface area contributed by atoms with Crippen molar-refractivity contribution < 1.29 is 14.7 Å². The summed E-state index contributed by atoms with van der Waals surface area (Å²) in [5.74, 6) is -0.916. The van der Waals surface area contributed by atoms with Crippen LogP contribution in [0.2, 0.25) is 0 Å². The van der Waals surface area contributed by atoms with Crippen molar-refractivity contribution in [3.8, 4) is 0 Å². The maximum atomic E-state index is 12.0. The minimum atomic E-state index is -0.824. The summed E-state index contributed by atoms with van der Waals surface area (Å²) in [5.41, 5.74) is 1.92. The molecule has 20 heavy (non-hydrogen) atoms. The monoisotopic (exact) mass is 276 g/mol. The second kappa shape index (κ2) is 6.52. The Morgan fingerprint density at radius 3 is 2.50 bits per heavy atom. The summed E-state index contributed by atoms with van der Waals surface area (Å²) in [4.78, 5) is 24.6. The van der Waals surface area contributed by atoms with E-state index in [1.54, 1.807) is 0 Å². The van der Waals surface area contributed by atoms with Gasteiger partial charge in [0.2, 0.25) is 5.91 Å². The molecule has 0 aromatic heterocycles. The van der Waals surface area contributed by atoms with Gasteiger partial charge < -0.3 is 10.4 Å². The molecule has 0 bridgehead atoms. The summed E-state index contributed by atoms with van der Waals surface area (Å²) in [6.45, 7) is 2.68. The summed E-state index contributed by atoms with van der Waals surface area (Å²) in [6.07, 6.45) is 2.18. The van der Waals surface area contributed by atoms with Gasteiger partial charge in [-0.25, -0.2) is 0 Å². The van der Waals surface area contributed by atoms with Gasteiger partial charge in [-0.05, 0) is 31.9 Å². The molecule has 1 aromatic carbocycles. The highest BCUT2D eigenvalue weighted by atomic mass is 16.4. The van der Waals surface area contributed by atoms with Crippen LogP contribution >= 0.6 is 0 Å². The fraction of sp³-hybridized carbons (Fsp3) is 0.467. The Kier molecular flexibility index (Phi) is 4.74. The lowest BCUT2D eigenvalue weighted by molar-refractivity contribution is -0.137. The lowest BCUT2D eigenvalue weighted by Crippen LogP contribution is -2.36. The molecule has 0 spiro atoms. The van der Waals surface area contributed by atoms with Crippen molar-refractivity contribution in [2.24, 2.45) is 0 Å². The first-order valence-electron chi connectivity index (χ1n) is 6.87. The zero-order valence-electron chi connectivity index (χ0n) is 11.6. The molecule has 0 radical (unpaired) electrons. The topological polar surface area (TPSA) is 69.6 Å². The van der Waals surface area contributed by atoms with Gasteiger partial charge in [0.1, 0.15) is 0 Å². The number of aliphatic carboxylic acids is 1. The molecule has 0 heterocycles. The molecule has 1 aromatic rings. The number of carbonyl (C=O) groups is 2. The van der Waals surface area contributed by atoms with Crippen LogP contribution in [0.4, 0.5) is 5.69 Å². The molecule has 1 fully saturated rings. The van der Waals surface area contributed by atoms with E-state index in [-0.39, 0.29) is 18.9 Å². The quantitative estimate of drug-likeness (QED) is 0.797. The van der Waals surface area contributed by atoms with E-state index in [1.807, 2.05) is 36.1 Å². The molecule has 108 valence electrons. The van der Waals surface area contributed by atoms with Crippen LogP contribution in [0.3, 0.4) is 0 Å². The Labute approximate surface area is 118 Å². The largest absolute Gasteiger partial charge is 0.481 e. The zero-order valence-corrected chi connectivity index (χ0v) is 11.6.